The van der Waals surface area contributed by atoms with Gasteiger partial charge in [0.2, 0.25) is 0 Å². The molecule has 3 rings (SSSR count). The van der Waals surface area contributed by atoms with E-state index in [9.17, 15) is 4.79 Å². The molecule has 0 saturated carbocycles. The molecule has 0 aromatic heterocycles. The number of benzene rings is 1. The van der Waals surface area contributed by atoms with E-state index in [2.05, 4.69) is 16.8 Å². The van der Waals surface area contributed by atoms with Crippen molar-refractivity contribution >= 4 is 17.5 Å². The van der Waals surface area contributed by atoms with Crippen molar-refractivity contribution in [2.24, 2.45) is 0 Å². The highest BCUT2D eigenvalue weighted by Gasteiger charge is 2.32. The van der Waals surface area contributed by atoms with Crippen LogP contribution in [0.4, 0.5) is 0 Å². The van der Waals surface area contributed by atoms with Gasteiger partial charge < -0.3 is 14.5 Å². The molecule has 0 unspecified atom stereocenters. The number of nitrogens with zero attached hydrogens (tertiary/aromatic N) is 3. The van der Waals surface area contributed by atoms with Crippen LogP contribution in [0.2, 0.25) is 5.02 Å². The molecule has 1 aromatic carbocycles. The molecular formula is C17H24ClN3O2. The van der Waals surface area contributed by atoms with Crippen molar-refractivity contribution < 1.29 is 9.53 Å². The Morgan fingerprint density at radius 3 is 2.65 bits per heavy atom. The molecule has 23 heavy (non-hydrogen) atoms. The standard InChI is InChI=1S/C17H24ClN3O2/c1-19-7-9-20(10-8-19)14-5-6-21(12-14)17(22)15-11-13(18)3-4-16(15)23-2/h3-4,11,14H,5-10,12H2,1-2H3/t14-/m1/s1. The van der Waals surface area contributed by atoms with Gasteiger partial charge in [0.15, 0.2) is 0 Å². The lowest BCUT2D eigenvalue weighted by molar-refractivity contribution is 0.0752. The van der Waals surface area contributed by atoms with Crippen LogP contribution in [0.1, 0.15) is 16.8 Å². The van der Waals surface area contributed by atoms with E-state index >= 15 is 0 Å². The minimum atomic E-state index is 0.0148. The molecule has 126 valence electrons. The molecule has 2 heterocycles. The van der Waals surface area contributed by atoms with Gasteiger partial charge in [-0.1, -0.05) is 11.6 Å². The number of carbonyl (C=O) groups excluding carboxylic acids is 1. The summed E-state index contributed by atoms with van der Waals surface area (Å²) in [6.45, 7) is 5.97. The van der Waals surface area contributed by atoms with Crippen LogP contribution in [0.15, 0.2) is 18.2 Å². The third-order valence-corrected chi connectivity index (χ3v) is 5.13. The van der Waals surface area contributed by atoms with Crippen molar-refractivity contribution in [2.75, 3.05) is 53.4 Å². The van der Waals surface area contributed by atoms with Crippen LogP contribution in [0.5, 0.6) is 5.75 Å². The van der Waals surface area contributed by atoms with E-state index in [1.165, 1.54) is 0 Å². The summed E-state index contributed by atoms with van der Waals surface area (Å²) in [7, 11) is 3.74. The van der Waals surface area contributed by atoms with E-state index in [1.807, 2.05) is 4.90 Å². The lowest BCUT2D eigenvalue weighted by atomic mass is 10.1. The summed E-state index contributed by atoms with van der Waals surface area (Å²) in [6, 6.07) is 5.67. The summed E-state index contributed by atoms with van der Waals surface area (Å²) < 4.78 is 5.31. The summed E-state index contributed by atoms with van der Waals surface area (Å²) in [5, 5.41) is 0.559. The second-order valence-corrected chi connectivity index (χ2v) is 6.81. The Kier molecular flexibility index (Phi) is 5.09. The number of ether oxygens (including phenoxy) is 1. The molecule has 0 aliphatic carbocycles. The molecule has 2 aliphatic heterocycles. The van der Waals surface area contributed by atoms with Crippen LogP contribution >= 0.6 is 11.6 Å². The molecule has 2 aliphatic rings. The van der Waals surface area contributed by atoms with Crippen LogP contribution in [0, 0.1) is 0 Å². The van der Waals surface area contributed by atoms with E-state index in [4.69, 9.17) is 16.3 Å². The Balaban J connectivity index is 1.67. The first-order chi connectivity index (χ1) is 11.1. The summed E-state index contributed by atoms with van der Waals surface area (Å²) in [4.78, 5) is 19.6. The van der Waals surface area contributed by atoms with Gasteiger partial charge in [-0.25, -0.2) is 0 Å². The van der Waals surface area contributed by atoms with Gasteiger partial charge in [0, 0.05) is 50.3 Å². The molecular weight excluding hydrogens is 314 g/mol. The second kappa shape index (κ2) is 7.07. The smallest absolute Gasteiger partial charge is 0.257 e. The number of carbonyl (C=O) groups is 1. The minimum absolute atomic E-state index is 0.0148. The monoisotopic (exact) mass is 337 g/mol. The zero-order valence-electron chi connectivity index (χ0n) is 13.8. The van der Waals surface area contributed by atoms with Crippen LogP contribution in [-0.4, -0.2) is 80.1 Å². The second-order valence-electron chi connectivity index (χ2n) is 6.38. The Bertz CT molecular complexity index is 573. The maximum absolute atomic E-state index is 12.8. The Hall–Kier alpha value is -1.30. The topological polar surface area (TPSA) is 36.0 Å². The lowest BCUT2D eigenvalue weighted by Crippen LogP contribution is -2.50. The van der Waals surface area contributed by atoms with Crippen molar-refractivity contribution in [3.8, 4) is 5.75 Å². The number of amides is 1. The zero-order valence-corrected chi connectivity index (χ0v) is 14.6. The first-order valence-electron chi connectivity index (χ1n) is 8.14. The molecule has 1 aromatic rings. The highest BCUT2D eigenvalue weighted by Crippen LogP contribution is 2.26. The first kappa shape index (κ1) is 16.6. The Morgan fingerprint density at radius 1 is 1.22 bits per heavy atom. The fraction of sp³-hybridized carbons (Fsp3) is 0.588. The fourth-order valence-corrected chi connectivity index (χ4v) is 3.60. The lowest BCUT2D eigenvalue weighted by Gasteiger charge is -2.36. The highest BCUT2D eigenvalue weighted by molar-refractivity contribution is 6.31. The number of hydrogen-bond donors (Lipinski definition) is 0. The van der Waals surface area contributed by atoms with Gasteiger partial charge in [0.25, 0.3) is 5.91 Å². The summed E-state index contributed by atoms with van der Waals surface area (Å²) in [6.07, 6.45) is 1.04. The Morgan fingerprint density at radius 2 is 1.96 bits per heavy atom. The van der Waals surface area contributed by atoms with Crippen LogP contribution < -0.4 is 4.74 Å². The maximum Gasteiger partial charge on any atom is 0.257 e. The number of piperazine rings is 1. The molecule has 0 spiro atoms. The Labute approximate surface area is 142 Å². The van der Waals surface area contributed by atoms with E-state index in [1.54, 1.807) is 25.3 Å². The molecule has 1 atom stereocenters. The number of likely N-dealkylation sites (tertiary alicyclic amines) is 1. The van der Waals surface area contributed by atoms with Crippen LogP contribution in [0.25, 0.3) is 0 Å². The van der Waals surface area contributed by atoms with Crippen molar-refractivity contribution in [1.29, 1.82) is 0 Å². The van der Waals surface area contributed by atoms with E-state index in [0.717, 1.165) is 45.7 Å². The van der Waals surface area contributed by atoms with Gasteiger partial charge in [-0.15, -0.1) is 0 Å². The average Bonchev–Trinajstić information content (AvgIpc) is 3.04. The molecule has 2 fully saturated rings. The van der Waals surface area contributed by atoms with Gasteiger partial charge in [0.05, 0.1) is 12.7 Å². The van der Waals surface area contributed by atoms with Crippen molar-refractivity contribution in [1.82, 2.24) is 14.7 Å². The van der Waals surface area contributed by atoms with Crippen molar-refractivity contribution in [3.63, 3.8) is 0 Å². The van der Waals surface area contributed by atoms with Gasteiger partial charge in [-0.05, 0) is 31.7 Å². The van der Waals surface area contributed by atoms with E-state index in [0.29, 0.717) is 22.4 Å². The van der Waals surface area contributed by atoms with Crippen LogP contribution in [0.3, 0.4) is 0 Å². The number of methoxy groups -OCH3 is 1. The SMILES string of the molecule is COc1ccc(Cl)cc1C(=O)N1CC[C@@H](N2CCN(C)CC2)C1. The molecule has 5 nitrogen and oxygen atoms in total. The molecule has 1 amide bonds. The van der Waals surface area contributed by atoms with E-state index < -0.39 is 0 Å². The number of rotatable bonds is 3. The van der Waals surface area contributed by atoms with Gasteiger partial charge in [0.1, 0.15) is 5.75 Å². The van der Waals surface area contributed by atoms with Gasteiger partial charge >= 0.3 is 0 Å². The summed E-state index contributed by atoms with van der Waals surface area (Å²) in [5.74, 6) is 0.600. The zero-order chi connectivity index (χ0) is 16.4. The minimum Gasteiger partial charge on any atom is -0.496 e. The predicted octanol–water partition coefficient (Wildman–Crippen LogP) is 1.81. The third kappa shape index (κ3) is 3.62. The molecule has 2 saturated heterocycles. The molecule has 0 N–H and O–H groups in total. The molecule has 6 heteroatoms. The van der Waals surface area contributed by atoms with Crippen molar-refractivity contribution in [3.05, 3.63) is 28.8 Å². The summed E-state index contributed by atoms with van der Waals surface area (Å²) >= 11 is 6.05. The highest BCUT2D eigenvalue weighted by atomic mass is 35.5. The number of likely N-dealkylation sites (N-methyl/N-ethyl adjacent to an activating group) is 1. The number of hydrogen-bond acceptors (Lipinski definition) is 4. The summed E-state index contributed by atoms with van der Waals surface area (Å²) in [5.41, 5.74) is 0.555. The van der Waals surface area contributed by atoms with Gasteiger partial charge in [-0.3, -0.25) is 9.69 Å². The average molecular weight is 338 g/mol. The van der Waals surface area contributed by atoms with Gasteiger partial charge in [-0.2, -0.15) is 0 Å². The fourth-order valence-electron chi connectivity index (χ4n) is 3.43. The van der Waals surface area contributed by atoms with Crippen molar-refractivity contribution in [2.45, 2.75) is 12.5 Å². The molecule has 0 radical (unpaired) electrons. The van der Waals surface area contributed by atoms with Crippen LogP contribution in [-0.2, 0) is 0 Å². The number of halogens is 1. The maximum atomic E-state index is 12.8. The van der Waals surface area contributed by atoms with E-state index in [-0.39, 0.29) is 5.91 Å². The predicted molar refractivity (Wildman–Crippen MR) is 91.4 cm³/mol. The normalized spacial score (nSPS) is 23.3. The first-order valence-corrected chi connectivity index (χ1v) is 8.51. The quantitative estimate of drug-likeness (QED) is 0.843. The third-order valence-electron chi connectivity index (χ3n) is 4.90. The largest absolute Gasteiger partial charge is 0.496 e. The molecule has 0 bridgehead atoms.